The van der Waals surface area contributed by atoms with Crippen molar-refractivity contribution >= 4 is 27.5 Å². The number of nitrogens with one attached hydrogen (secondary N) is 1. The number of hydrogen-bond acceptors (Lipinski definition) is 5. The molecule has 0 bridgehead atoms. The molecule has 2 rings (SSSR count). The molecule has 2 aromatic carbocycles. The lowest BCUT2D eigenvalue weighted by atomic mass is 10.1. The van der Waals surface area contributed by atoms with Gasteiger partial charge in [-0.2, -0.15) is 0 Å². The van der Waals surface area contributed by atoms with Crippen LogP contribution in [0.3, 0.4) is 0 Å². The predicted molar refractivity (Wildman–Crippen MR) is 134 cm³/mol. The Labute approximate surface area is 202 Å². The molecule has 0 saturated carbocycles. The van der Waals surface area contributed by atoms with E-state index < -0.39 is 28.5 Å². The smallest absolute Gasteiger partial charge is 0.244 e. The summed E-state index contributed by atoms with van der Waals surface area (Å²) in [5.74, 6) is -0.392. The number of hydrogen-bond donors (Lipinski definition) is 1. The van der Waals surface area contributed by atoms with Gasteiger partial charge in [-0.05, 0) is 44.9 Å². The molecule has 0 spiro atoms. The molecular formula is C25H35N3O5S. The maximum atomic E-state index is 13.6. The molecule has 34 heavy (non-hydrogen) atoms. The van der Waals surface area contributed by atoms with Crippen LogP contribution in [0.5, 0.6) is 5.75 Å². The van der Waals surface area contributed by atoms with E-state index in [2.05, 4.69) is 5.32 Å². The Kier molecular flexibility index (Phi) is 9.92. The average molecular weight is 490 g/mol. The number of amides is 2. The second-order valence-corrected chi connectivity index (χ2v) is 10.2. The minimum Gasteiger partial charge on any atom is -0.492 e. The fraction of sp³-hybridized carbons (Fsp3) is 0.440. The van der Waals surface area contributed by atoms with Gasteiger partial charge in [0.25, 0.3) is 0 Å². The van der Waals surface area contributed by atoms with E-state index in [9.17, 15) is 18.0 Å². The highest BCUT2D eigenvalue weighted by Gasteiger charge is 2.32. The molecule has 0 aliphatic rings. The van der Waals surface area contributed by atoms with E-state index >= 15 is 0 Å². The number of benzene rings is 2. The first kappa shape index (κ1) is 27.2. The van der Waals surface area contributed by atoms with Gasteiger partial charge in [-0.15, -0.1) is 0 Å². The Balaban J connectivity index is 2.46. The molecule has 0 aliphatic heterocycles. The van der Waals surface area contributed by atoms with Crippen LogP contribution in [0.1, 0.15) is 39.7 Å². The van der Waals surface area contributed by atoms with Gasteiger partial charge in [-0.25, -0.2) is 8.42 Å². The topological polar surface area (TPSA) is 96.0 Å². The Morgan fingerprint density at radius 1 is 1.00 bits per heavy atom. The molecule has 1 N–H and O–H groups in total. The van der Waals surface area contributed by atoms with Gasteiger partial charge in [-0.3, -0.25) is 13.9 Å². The Bertz CT molecular complexity index is 1060. The molecule has 2 aromatic rings. The maximum Gasteiger partial charge on any atom is 0.244 e. The summed E-state index contributed by atoms with van der Waals surface area (Å²) in [6.45, 7) is 7.39. The molecule has 0 saturated heterocycles. The van der Waals surface area contributed by atoms with Gasteiger partial charge in [0.2, 0.25) is 21.8 Å². The van der Waals surface area contributed by atoms with Crippen LogP contribution < -0.4 is 14.4 Å². The molecule has 1 unspecified atom stereocenters. The molecule has 0 radical (unpaired) electrons. The van der Waals surface area contributed by atoms with E-state index in [1.54, 1.807) is 31.2 Å². The summed E-state index contributed by atoms with van der Waals surface area (Å²) in [5.41, 5.74) is 1.12. The van der Waals surface area contributed by atoms with Gasteiger partial charge in [0.05, 0.1) is 18.6 Å². The van der Waals surface area contributed by atoms with Crippen LogP contribution in [0.4, 0.5) is 5.69 Å². The minimum absolute atomic E-state index is 0.0965. The Morgan fingerprint density at radius 3 is 2.18 bits per heavy atom. The van der Waals surface area contributed by atoms with Gasteiger partial charge in [0.1, 0.15) is 18.3 Å². The summed E-state index contributed by atoms with van der Waals surface area (Å²) in [5, 5.41) is 2.87. The van der Waals surface area contributed by atoms with Crippen molar-refractivity contribution < 1.29 is 22.7 Å². The highest BCUT2D eigenvalue weighted by Crippen LogP contribution is 2.30. The van der Waals surface area contributed by atoms with Gasteiger partial charge in [-0.1, -0.05) is 49.4 Å². The molecule has 1 atom stereocenters. The highest BCUT2D eigenvalue weighted by molar-refractivity contribution is 7.92. The fourth-order valence-corrected chi connectivity index (χ4v) is 4.47. The van der Waals surface area contributed by atoms with Gasteiger partial charge >= 0.3 is 0 Å². The van der Waals surface area contributed by atoms with E-state index in [1.165, 1.54) is 4.90 Å². The van der Waals surface area contributed by atoms with E-state index in [1.807, 2.05) is 51.1 Å². The Hall–Kier alpha value is -3.07. The van der Waals surface area contributed by atoms with Crippen LogP contribution in [-0.2, 0) is 26.2 Å². The van der Waals surface area contributed by atoms with Crippen LogP contribution in [-0.4, -0.2) is 56.6 Å². The SMILES string of the molecule is CCOc1ccccc1N(CC(=O)N(Cc1ccccc1)C(CC)C(=O)NC(C)C)S(C)(=O)=O. The Morgan fingerprint density at radius 2 is 1.62 bits per heavy atom. The monoisotopic (exact) mass is 489 g/mol. The summed E-state index contributed by atoms with van der Waals surface area (Å²) in [6.07, 6.45) is 1.43. The van der Waals surface area contributed by atoms with E-state index in [4.69, 9.17) is 4.74 Å². The lowest BCUT2D eigenvalue weighted by molar-refractivity contribution is -0.140. The molecule has 0 aliphatic carbocycles. The van der Waals surface area contributed by atoms with Crippen LogP contribution in [0, 0.1) is 0 Å². The van der Waals surface area contributed by atoms with Gasteiger partial charge < -0.3 is 15.0 Å². The van der Waals surface area contributed by atoms with Crippen LogP contribution in [0.2, 0.25) is 0 Å². The number of para-hydroxylation sites is 2. The summed E-state index contributed by atoms with van der Waals surface area (Å²) < 4.78 is 32.1. The minimum atomic E-state index is -3.83. The highest BCUT2D eigenvalue weighted by atomic mass is 32.2. The summed E-state index contributed by atoms with van der Waals surface area (Å²) >= 11 is 0. The van der Waals surface area contributed by atoms with Crippen molar-refractivity contribution in [2.75, 3.05) is 23.7 Å². The maximum absolute atomic E-state index is 13.6. The first-order chi connectivity index (χ1) is 16.1. The second-order valence-electron chi connectivity index (χ2n) is 8.26. The normalized spacial score (nSPS) is 12.2. The molecule has 0 aromatic heterocycles. The third-order valence-corrected chi connectivity index (χ3v) is 6.25. The molecular weight excluding hydrogens is 454 g/mol. The zero-order valence-electron chi connectivity index (χ0n) is 20.5. The summed E-state index contributed by atoms with van der Waals surface area (Å²) in [7, 11) is -3.83. The van der Waals surface area contributed by atoms with Crippen molar-refractivity contribution in [3.8, 4) is 5.75 Å². The van der Waals surface area contributed by atoms with Gasteiger partial charge in [0.15, 0.2) is 0 Å². The van der Waals surface area contributed by atoms with E-state index in [-0.39, 0.29) is 24.2 Å². The third-order valence-electron chi connectivity index (χ3n) is 5.13. The van der Waals surface area contributed by atoms with Gasteiger partial charge in [0, 0.05) is 12.6 Å². The fourth-order valence-electron chi connectivity index (χ4n) is 3.62. The first-order valence-electron chi connectivity index (χ1n) is 11.4. The predicted octanol–water partition coefficient (Wildman–Crippen LogP) is 3.18. The van der Waals surface area contributed by atoms with Crippen molar-refractivity contribution in [1.29, 1.82) is 0 Å². The van der Waals surface area contributed by atoms with Crippen molar-refractivity contribution in [3.05, 3.63) is 60.2 Å². The number of rotatable bonds is 12. The quantitative estimate of drug-likeness (QED) is 0.494. The molecule has 0 heterocycles. The molecule has 0 fully saturated rings. The second kappa shape index (κ2) is 12.4. The van der Waals surface area contributed by atoms with Crippen molar-refractivity contribution in [1.82, 2.24) is 10.2 Å². The largest absolute Gasteiger partial charge is 0.492 e. The molecule has 2 amide bonds. The van der Waals surface area contributed by atoms with Crippen molar-refractivity contribution in [3.63, 3.8) is 0 Å². The third kappa shape index (κ3) is 7.48. The number of nitrogens with zero attached hydrogens (tertiary/aromatic N) is 2. The van der Waals surface area contributed by atoms with Crippen molar-refractivity contribution in [2.45, 2.75) is 52.7 Å². The number of carbonyl (C=O) groups excluding carboxylic acids is 2. The summed E-state index contributed by atoms with van der Waals surface area (Å²) in [4.78, 5) is 28.0. The van der Waals surface area contributed by atoms with Crippen LogP contribution >= 0.6 is 0 Å². The number of sulfonamides is 1. The van der Waals surface area contributed by atoms with E-state index in [0.29, 0.717) is 18.8 Å². The number of ether oxygens (including phenoxy) is 1. The lowest BCUT2D eigenvalue weighted by Gasteiger charge is -2.33. The standard InChI is InChI=1S/C25H35N3O5S/c1-6-21(25(30)26-19(3)4)27(17-20-13-9-8-10-14-20)24(29)18-28(34(5,31)32)22-15-11-12-16-23(22)33-7-2/h8-16,19,21H,6-7,17-18H2,1-5H3,(H,26,30). The number of anilines is 1. The lowest BCUT2D eigenvalue weighted by Crippen LogP contribution is -2.53. The molecule has 186 valence electrons. The average Bonchev–Trinajstić information content (AvgIpc) is 2.77. The first-order valence-corrected chi connectivity index (χ1v) is 13.3. The zero-order chi connectivity index (χ0) is 25.3. The van der Waals surface area contributed by atoms with Crippen LogP contribution in [0.15, 0.2) is 54.6 Å². The van der Waals surface area contributed by atoms with Crippen LogP contribution in [0.25, 0.3) is 0 Å². The molecule has 8 nitrogen and oxygen atoms in total. The summed E-state index contributed by atoms with van der Waals surface area (Å²) in [6, 6.07) is 15.2. The van der Waals surface area contributed by atoms with Crippen molar-refractivity contribution in [2.24, 2.45) is 0 Å². The molecule has 9 heteroatoms. The number of carbonyl (C=O) groups is 2. The zero-order valence-corrected chi connectivity index (χ0v) is 21.3. The van der Waals surface area contributed by atoms with E-state index in [0.717, 1.165) is 16.1 Å².